The van der Waals surface area contributed by atoms with Crippen molar-refractivity contribution in [3.05, 3.63) is 99.6 Å². The van der Waals surface area contributed by atoms with E-state index in [1.54, 1.807) is 37.3 Å². The van der Waals surface area contributed by atoms with Crippen molar-refractivity contribution in [2.45, 2.75) is 25.6 Å². The van der Waals surface area contributed by atoms with Crippen LogP contribution in [0.3, 0.4) is 0 Å². The molecule has 1 amide bonds. The highest BCUT2D eigenvalue weighted by Crippen LogP contribution is 2.28. The minimum absolute atomic E-state index is 0.103. The number of carboxylic acids is 1. The molecule has 222 valence electrons. The van der Waals surface area contributed by atoms with Crippen molar-refractivity contribution >= 4 is 29.4 Å². The number of nitrogens with two attached hydrogens (primary N) is 1. The van der Waals surface area contributed by atoms with Crippen LogP contribution >= 0.6 is 0 Å². The molecule has 0 aromatic heterocycles. The van der Waals surface area contributed by atoms with Crippen LogP contribution in [0.25, 0.3) is 11.1 Å². The lowest BCUT2D eigenvalue weighted by Crippen LogP contribution is -2.43. The van der Waals surface area contributed by atoms with Crippen molar-refractivity contribution in [3.63, 3.8) is 0 Å². The van der Waals surface area contributed by atoms with E-state index in [1.807, 2.05) is 30.3 Å². The van der Waals surface area contributed by atoms with E-state index in [0.717, 1.165) is 11.1 Å². The quantitative estimate of drug-likeness (QED) is 0.0935. The number of aliphatic carboxylic acids is 1. The molecule has 0 saturated carbocycles. The van der Waals surface area contributed by atoms with Crippen LogP contribution in [-0.2, 0) is 20.7 Å². The summed E-state index contributed by atoms with van der Waals surface area (Å²) in [6, 6.07) is 19.7. The SMILES string of the molecule is COC(=O)C(Cc1cccc(C(=N)N)c1)C(C)NC(=O)c1ccc(-c2ccccc2)cc1[N+](=O)[O-].O=C(O)C(F)(F)F. The van der Waals surface area contributed by atoms with Crippen molar-refractivity contribution in [2.24, 2.45) is 11.7 Å². The number of methoxy groups -OCH3 is 1. The molecule has 0 spiro atoms. The van der Waals surface area contributed by atoms with Gasteiger partial charge in [-0.2, -0.15) is 13.2 Å². The Morgan fingerprint density at radius 1 is 1.05 bits per heavy atom. The summed E-state index contributed by atoms with van der Waals surface area (Å²) in [7, 11) is 1.25. The number of amides is 1. The standard InChI is InChI=1S/C26H26N4O5.C2HF3O2/c1-16(22(26(32)35-2)14-17-7-6-10-20(13-17)24(27)28)29-25(31)21-12-11-19(15-23(21)30(33)34)18-8-4-3-5-9-18;3-2(4,5)1(6)7/h3-13,15-16,22H,14H2,1-2H3,(H3,27,28)(H,29,31);(H,6,7). The lowest BCUT2D eigenvalue weighted by molar-refractivity contribution is -0.385. The van der Waals surface area contributed by atoms with Gasteiger partial charge in [0.25, 0.3) is 11.6 Å². The molecule has 42 heavy (non-hydrogen) atoms. The molecule has 0 aliphatic heterocycles. The number of nitrogens with zero attached hydrogens (tertiary/aromatic N) is 1. The molecule has 3 aromatic rings. The largest absolute Gasteiger partial charge is 0.490 e. The van der Waals surface area contributed by atoms with E-state index >= 15 is 0 Å². The number of rotatable bonds is 9. The van der Waals surface area contributed by atoms with Crippen molar-refractivity contribution < 1.29 is 42.3 Å². The Kier molecular flexibility index (Phi) is 11.3. The second kappa shape index (κ2) is 14.4. The Balaban J connectivity index is 0.000000782. The molecule has 0 bridgehead atoms. The summed E-state index contributed by atoms with van der Waals surface area (Å²) in [6.45, 7) is 1.64. The molecule has 3 rings (SSSR count). The fourth-order valence-corrected chi connectivity index (χ4v) is 3.81. The molecule has 0 aliphatic carbocycles. The van der Waals surface area contributed by atoms with Gasteiger partial charge in [0.2, 0.25) is 0 Å². The number of nitro groups is 1. The normalized spacial score (nSPS) is 12.1. The number of nitrogen functional groups attached to an aromatic ring is 1. The van der Waals surface area contributed by atoms with Gasteiger partial charge in [0.15, 0.2) is 0 Å². The number of hydrogen-bond acceptors (Lipinski definition) is 7. The highest BCUT2D eigenvalue weighted by Gasteiger charge is 2.38. The third kappa shape index (κ3) is 9.15. The average Bonchev–Trinajstić information content (AvgIpc) is 2.95. The van der Waals surface area contributed by atoms with Crippen molar-refractivity contribution in [3.8, 4) is 11.1 Å². The number of carbonyl (C=O) groups is 3. The van der Waals surface area contributed by atoms with Gasteiger partial charge >= 0.3 is 18.1 Å². The topological polar surface area (TPSA) is 186 Å². The first-order chi connectivity index (χ1) is 19.6. The zero-order chi connectivity index (χ0) is 31.6. The summed E-state index contributed by atoms with van der Waals surface area (Å²) in [4.78, 5) is 45.6. The van der Waals surface area contributed by atoms with E-state index in [1.165, 1.54) is 19.2 Å². The summed E-state index contributed by atoms with van der Waals surface area (Å²) in [5.74, 6) is -4.84. The third-order valence-corrected chi connectivity index (χ3v) is 5.95. The minimum Gasteiger partial charge on any atom is -0.475 e. The first-order valence-corrected chi connectivity index (χ1v) is 12.1. The molecule has 0 saturated heterocycles. The summed E-state index contributed by atoms with van der Waals surface area (Å²) in [6.07, 6.45) is -4.87. The van der Waals surface area contributed by atoms with Crippen LogP contribution < -0.4 is 11.1 Å². The Morgan fingerprint density at radius 3 is 2.19 bits per heavy atom. The van der Waals surface area contributed by atoms with Crippen LogP contribution in [0, 0.1) is 21.4 Å². The molecule has 2 unspecified atom stereocenters. The number of ether oxygens (including phenoxy) is 1. The lowest BCUT2D eigenvalue weighted by Gasteiger charge is -2.23. The van der Waals surface area contributed by atoms with Crippen LogP contribution in [0.15, 0.2) is 72.8 Å². The van der Waals surface area contributed by atoms with Gasteiger partial charge in [-0.1, -0.05) is 54.6 Å². The number of amidine groups is 1. The number of halogens is 3. The van der Waals surface area contributed by atoms with Crippen LogP contribution in [0.2, 0.25) is 0 Å². The summed E-state index contributed by atoms with van der Waals surface area (Å²) in [5, 5.41) is 29.2. The van der Waals surface area contributed by atoms with Crippen LogP contribution in [0.4, 0.5) is 18.9 Å². The summed E-state index contributed by atoms with van der Waals surface area (Å²) < 4.78 is 36.7. The Labute approximate surface area is 237 Å². The summed E-state index contributed by atoms with van der Waals surface area (Å²) >= 11 is 0. The van der Waals surface area contributed by atoms with Gasteiger partial charge in [0.1, 0.15) is 11.4 Å². The van der Waals surface area contributed by atoms with Crippen LogP contribution in [0.5, 0.6) is 0 Å². The van der Waals surface area contributed by atoms with Crippen LogP contribution in [-0.4, -0.2) is 53.0 Å². The summed E-state index contributed by atoms with van der Waals surface area (Å²) in [5.41, 5.74) is 7.75. The maximum Gasteiger partial charge on any atom is 0.490 e. The number of esters is 1. The first kappa shape index (κ1) is 32.9. The molecule has 0 fully saturated rings. The zero-order valence-corrected chi connectivity index (χ0v) is 22.3. The number of carboxylic acid groups (broad SMARTS) is 1. The maximum atomic E-state index is 13.0. The molecular formula is C28H27F3N4O7. The van der Waals surface area contributed by atoms with Crippen LogP contribution in [0.1, 0.15) is 28.4 Å². The highest BCUT2D eigenvalue weighted by atomic mass is 19.4. The number of nitrogens with one attached hydrogen (secondary N) is 2. The maximum absolute atomic E-state index is 13.0. The van der Waals surface area contributed by atoms with Gasteiger partial charge in [-0.25, -0.2) is 4.79 Å². The Morgan fingerprint density at radius 2 is 1.67 bits per heavy atom. The van der Waals surface area contributed by atoms with E-state index in [2.05, 4.69) is 5.32 Å². The van der Waals surface area contributed by atoms with E-state index in [4.69, 9.17) is 25.8 Å². The monoisotopic (exact) mass is 588 g/mol. The van der Waals surface area contributed by atoms with Crippen molar-refractivity contribution in [1.29, 1.82) is 5.41 Å². The van der Waals surface area contributed by atoms with E-state index in [-0.39, 0.29) is 23.5 Å². The zero-order valence-electron chi connectivity index (χ0n) is 22.3. The lowest BCUT2D eigenvalue weighted by atomic mass is 9.92. The molecule has 3 aromatic carbocycles. The third-order valence-electron chi connectivity index (χ3n) is 5.95. The van der Waals surface area contributed by atoms with Crippen molar-refractivity contribution in [2.75, 3.05) is 7.11 Å². The highest BCUT2D eigenvalue weighted by molar-refractivity contribution is 5.99. The fraction of sp³-hybridized carbons (Fsp3) is 0.214. The van der Waals surface area contributed by atoms with Crippen molar-refractivity contribution in [1.82, 2.24) is 5.32 Å². The first-order valence-electron chi connectivity index (χ1n) is 12.1. The van der Waals surface area contributed by atoms with E-state index < -0.39 is 40.9 Å². The van der Waals surface area contributed by atoms with E-state index in [0.29, 0.717) is 11.1 Å². The minimum atomic E-state index is -5.08. The smallest absolute Gasteiger partial charge is 0.475 e. The number of nitro benzene ring substituents is 1. The predicted octanol–water partition coefficient (Wildman–Crippen LogP) is 4.33. The van der Waals surface area contributed by atoms with Gasteiger partial charge < -0.3 is 20.9 Å². The van der Waals surface area contributed by atoms with E-state index in [9.17, 15) is 32.9 Å². The van der Waals surface area contributed by atoms with Gasteiger partial charge in [-0.3, -0.25) is 25.1 Å². The number of benzene rings is 3. The second-order valence-corrected chi connectivity index (χ2v) is 8.87. The molecule has 0 aliphatic rings. The molecule has 11 nitrogen and oxygen atoms in total. The average molecular weight is 589 g/mol. The second-order valence-electron chi connectivity index (χ2n) is 8.87. The van der Waals surface area contributed by atoms with Gasteiger partial charge in [-0.05, 0) is 42.2 Å². The number of hydrogen-bond donors (Lipinski definition) is 4. The Bertz CT molecular complexity index is 1460. The fourth-order valence-electron chi connectivity index (χ4n) is 3.81. The van der Waals surface area contributed by atoms with Gasteiger partial charge in [0, 0.05) is 17.7 Å². The van der Waals surface area contributed by atoms with Gasteiger partial charge in [-0.15, -0.1) is 0 Å². The predicted molar refractivity (Wildman–Crippen MR) is 146 cm³/mol. The molecule has 2 atom stereocenters. The molecule has 0 radical (unpaired) electrons. The molecular weight excluding hydrogens is 561 g/mol. The Hall–Kier alpha value is -5.27. The van der Waals surface area contributed by atoms with Gasteiger partial charge in [0.05, 0.1) is 18.0 Å². The molecule has 0 heterocycles. The number of alkyl halides is 3. The number of carbonyl (C=O) groups excluding carboxylic acids is 2. The molecule has 14 heteroatoms. The molecule has 5 N–H and O–H groups in total.